The maximum absolute atomic E-state index is 13.3. The first kappa shape index (κ1) is 27.1. The topological polar surface area (TPSA) is 133 Å². The summed E-state index contributed by atoms with van der Waals surface area (Å²) in [5.74, 6) is -1.36. The van der Waals surface area contributed by atoms with Gasteiger partial charge in [-0.1, -0.05) is 103 Å². The fourth-order valence-electron chi connectivity index (χ4n) is 6.80. The maximum atomic E-state index is 13.3. The molecular weight excluding hydrogens is 548 g/mol. The summed E-state index contributed by atoms with van der Waals surface area (Å²) in [6, 6.07) is 23.4. The molecule has 1 aliphatic carbocycles. The molecular formula is C30H30N2O6S2. The third-order valence-corrected chi connectivity index (χ3v) is 12.5. The Bertz CT molecular complexity index is 1630. The minimum atomic E-state index is -5.38. The Morgan fingerprint density at radius 3 is 1.75 bits per heavy atom. The van der Waals surface area contributed by atoms with Crippen LogP contribution in [0, 0.1) is 11.3 Å². The molecule has 0 saturated carbocycles. The number of hydrogen-bond acceptors (Lipinski definition) is 6. The van der Waals surface area contributed by atoms with Crippen LogP contribution in [0.25, 0.3) is 6.08 Å². The molecule has 10 heteroatoms. The SMILES string of the molecule is O=S(=O)(O)C1(S(=O)(=O)O)CC(C2NCc3ccccc32)(C2NCc3ccccc32)C=CC1C=Cc1ccccc1. The first-order valence-corrected chi connectivity index (χ1v) is 15.9. The van der Waals surface area contributed by atoms with Gasteiger partial charge in [0.25, 0.3) is 20.2 Å². The molecule has 2 aliphatic heterocycles. The summed E-state index contributed by atoms with van der Waals surface area (Å²) >= 11 is 0. The molecule has 8 nitrogen and oxygen atoms in total. The highest BCUT2D eigenvalue weighted by Crippen LogP contribution is 2.60. The second-order valence-electron chi connectivity index (χ2n) is 10.7. The minimum Gasteiger partial charge on any atom is -0.305 e. The van der Waals surface area contributed by atoms with E-state index >= 15 is 0 Å². The van der Waals surface area contributed by atoms with Crippen LogP contribution in [0.3, 0.4) is 0 Å². The number of fused-ring (bicyclic) bond motifs is 2. The lowest BCUT2D eigenvalue weighted by atomic mass is 9.63. The Labute approximate surface area is 234 Å². The van der Waals surface area contributed by atoms with E-state index in [4.69, 9.17) is 0 Å². The number of allylic oxidation sites excluding steroid dienone is 2. The van der Waals surface area contributed by atoms with Gasteiger partial charge in [-0.3, -0.25) is 9.11 Å². The van der Waals surface area contributed by atoms with Crippen molar-refractivity contribution in [3.63, 3.8) is 0 Å². The van der Waals surface area contributed by atoms with Crippen molar-refractivity contribution in [1.29, 1.82) is 0 Å². The van der Waals surface area contributed by atoms with E-state index in [-0.39, 0.29) is 0 Å². The summed E-state index contributed by atoms with van der Waals surface area (Å²) < 4.78 is 71.7. The van der Waals surface area contributed by atoms with E-state index < -0.39 is 54.2 Å². The van der Waals surface area contributed by atoms with Crippen LogP contribution in [-0.4, -0.2) is 30.0 Å². The lowest BCUT2D eigenvalue weighted by Gasteiger charge is -2.50. The van der Waals surface area contributed by atoms with Crippen LogP contribution >= 0.6 is 0 Å². The molecule has 3 aliphatic rings. The van der Waals surface area contributed by atoms with Crippen molar-refractivity contribution in [3.05, 3.63) is 125 Å². The van der Waals surface area contributed by atoms with Crippen molar-refractivity contribution in [1.82, 2.24) is 10.6 Å². The smallest absolute Gasteiger partial charge is 0.288 e. The molecule has 6 rings (SSSR count). The average molecular weight is 579 g/mol. The number of nitrogens with one attached hydrogen (secondary N) is 2. The van der Waals surface area contributed by atoms with Crippen molar-refractivity contribution >= 4 is 26.3 Å². The van der Waals surface area contributed by atoms with Gasteiger partial charge in [0.1, 0.15) is 0 Å². The van der Waals surface area contributed by atoms with Crippen molar-refractivity contribution in [2.75, 3.05) is 0 Å². The quantitative estimate of drug-likeness (QED) is 0.250. The van der Waals surface area contributed by atoms with Gasteiger partial charge in [0, 0.05) is 36.5 Å². The molecule has 0 amide bonds. The lowest BCUT2D eigenvalue weighted by molar-refractivity contribution is 0.151. The van der Waals surface area contributed by atoms with Gasteiger partial charge in [-0.2, -0.15) is 16.8 Å². The van der Waals surface area contributed by atoms with Crippen LogP contribution < -0.4 is 10.6 Å². The van der Waals surface area contributed by atoms with Crippen LogP contribution in [0.1, 0.15) is 46.3 Å². The fourth-order valence-corrected chi connectivity index (χ4v) is 9.73. The summed E-state index contributed by atoms with van der Waals surface area (Å²) in [5.41, 5.74) is 3.36. The van der Waals surface area contributed by atoms with E-state index in [1.807, 2.05) is 60.7 Å². The van der Waals surface area contributed by atoms with Gasteiger partial charge in [0.15, 0.2) is 0 Å². The Balaban J connectivity index is 1.60. The molecule has 2 heterocycles. The Morgan fingerprint density at radius 2 is 1.23 bits per heavy atom. The molecule has 40 heavy (non-hydrogen) atoms. The molecule has 0 aromatic heterocycles. The molecule has 3 aromatic rings. The fraction of sp³-hybridized carbons (Fsp3) is 0.267. The van der Waals surface area contributed by atoms with E-state index in [9.17, 15) is 25.9 Å². The minimum absolute atomic E-state index is 0.507. The summed E-state index contributed by atoms with van der Waals surface area (Å²) in [4.78, 5) is 0. The molecule has 0 bridgehead atoms. The van der Waals surface area contributed by atoms with Gasteiger partial charge < -0.3 is 10.6 Å². The highest BCUT2D eigenvalue weighted by atomic mass is 32.3. The highest BCUT2D eigenvalue weighted by molar-refractivity contribution is 8.05. The van der Waals surface area contributed by atoms with Gasteiger partial charge in [-0.15, -0.1) is 0 Å². The zero-order valence-electron chi connectivity index (χ0n) is 21.5. The third-order valence-electron chi connectivity index (χ3n) is 8.64. The van der Waals surface area contributed by atoms with Crippen LogP contribution in [0.2, 0.25) is 0 Å². The average Bonchev–Trinajstić information content (AvgIpc) is 3.57. The normalized spacial score (nSPS) is 27.5. The second kappa shape index (κ2) is 9.76. The third kappa shape index (κ3) is 4.18. The Hall–Kier alpha value is -3.12. The molecule has 0 radical (unpaired) electrons. The van der Waals surface area contributed by atoms with E-state index in [1.165, 1.54) is 12.2 Å². The molecule has 0 spiro atoms. The lowest BCUT2D eigenvalue weighted by Crippen LogP contribution is -2.59. The van der Waals surface area contributed by atoms with Crippen LogP contribution in [0.4, 0.5) is 0 Å². The van der Waals surface area contributed by atoms with Gasteiger partial charge in [0.2, 0.25) is 4.08 Å². The van der Waals surface area contributed by atoms with Gasteiger partial charge in [-0.25, -0.2) is 0 Å². The van der Waals surface area contributed by atoms with Crippen LogP contribution in [0.5, 0.6) is 0 Å². The molecule has 3 unspecified atom stereocenters. The first-order valence-electron chi connectivity index (χ1n) is 13.1. The van der Waals surface area contributed by atoms with Crippen molar-refractivity contribution < 1.29 is 25.9 Å². The van der Waals surface area contributed by atoms with E-state index in [2.05, 4.69) is 10.6 Å². The highest BCUT2D eigenvalue weighted by Gasteiger charge is 2.67. The van der Waals surface area contributed by atoms with Crippen LogP contribution in [0.15, 0.2) is 97.1 Å². The number of benzene rings is 3. The molecule has 208 valence electrons. The Kier molecular flexibility index (Phi) is 6.60. The molecule has 0 fully saturated rings. The number of hydrogen-bond donors (Lipinski definition) is 4. The van der Waals surface area contributed by atoms with E-state index in [1.54, 1.807) is 30.3 Å². The monoisotopic (exact) mass is 578 g/mol. The van der Waals surface area contributed by atoms with Crippen molar-refractivity contribution in [2.45, 2.75) is 35.7 Å². The zero-order valence-corrected chi connectivity index (χ0v) is 23.1. The first-order chi connectivity index (χ1) is 19.1. The number of rotatable bonds is 6. The summed E-state index contributed by atoms with van der Waals surface area (Å²) in [5, 5.41) is 6.98. The van der Waals surface area contributed by atoms with Crippen molar-refractivity contribution in [3.8, 4) is 0 Å². The molecule has 3 aromatic carbocycles. The van der Waals surface area contributed by atoms with Gasteiger partial charge in [-0.05, 0) is 34.2 Å². The van der Waals surface area contributed by atoms with Crippen LogP contribution in [-0.2, 0) is 33.3 Å². The molecule has 3 atom stereocenters. The maximum Gasteiger partial charge on any atom is 0.288 e. The summed E-state index contributed by atoms with van der Waals surface area (Å²) in [6.07, 6.45) is 5.81. The summed E-state index contributed by atoms with van der Waals surface area (Å²) in [7, 11) is -10.8. The standard InChI is InChI=1S/C30H30N2O6S2/c33-39(34,35)30(40(36,37)38)20-29(27-25-12-6-4-10-22(25)18-31-27,28-26-13-7-5-11-23(26)19-32-28)17-16-24(30)15-14-21-8-2-1-3-9-21/h1-17,24,27-28,31-32H,18-20H2,(H,33,34,35)(H,36,37,38). The van der Waals surface area contributed by atoms with E-state index in [0.29, 0.717) is 18.7 Å². The van der Waals surface area contributed by atoms with Gasteiger partial charge >= 0.3 is 0 Å². The zero-order chi connectivity index (χ0) is 28.2. The van der Waals surface area contributed by atoms with Crippen molar-refractivity contribution in [2.24, 2.45) is 11.3 Å². The van der Waals surface area contributed by atoms with Gasteiger partial charge in [0.05, 0.1) is 0 Å². The predicted octanol–water partition coefficient (Wildman–Crippen LogP) is 4.42. The predicted molar refractivity (Wildman–Crippen MR) is 153 cm³/mol. The second-order valence-corrected chi connectivity index (χ2v) is 14.3. The Morgan fingerprint density at radius 1 is 0.725 bits per heavy atom. The van der Waals surface area contributed by atoms with E-state index in [0.717, 1.165) is 22.3 Å². The molecule has 0 saturated heterocycles. The molecule has 4 N–H and O–H groups in total. The largest absolute Gasteiger partial charge is 0.305 e. The summed E-state index contributed by atoms with van der Waals surface area (Å²) in [6.45, 7) is 1.01.